The third-order valence-corrected chi connectivity index (χ3v) is 4.34. The lowest BCUT2D eigenvalue weighted by Crippen LogP contribution is -2.11. The predicted molar refractivity (Wildman–Crippen MR) is 108 cm³/mol. The van der Waals surface area contributed by atoms with E-state index < -0.39 is 0 Å². The number of rotatable bonds is 7. The summed E-state index contributed by atoms with van der Waals surface area (Å²) in [6.45, 7) is 3.09. The van der Waals surface area contributed by atoms with Gasteiger partial charge in [-0.1, -0.05) is 35.9 Å². The zero-order chi connectivity index (χ0) is 19.1. The van der Waals surface area contributed by atoms with Crippen molar-refractivity contribution in [2.24, 2.45) is 0 Å². The number of carbonyl (C=O) groups excluding carboxylic acids is 1. The Balaban J connectivity index is 1.60. The van der Waals surface area contributed by atoms with Crippen molar-refractivity contribution in [1.29, 1.82) is 0 Å². The summed E-state index contributed by atoms with van der Waals surface area (Å²) in [6, 6.07) is 13.0. The molecule has 1 heterocycles. The van der Waals surface area contributed by atoms with Crippen LogP contribution in [0.2, 0.25) is 5.02 Å². The lowest BCUT2D eigenvalue weighted by molar-refractivity contribution is -0.111. The van der Waals surface area contributed by atoms with Gasteiger partial charge in [-0.3, -0.25) is 4.79 Å². The lowest BCUT2D eigenvalue weighted by Gasteiger charge is -2.12. The van der Waals surface area contributed by atoms with Gasteiger partial charge in [0.1, 0.15) is 12.4 Å². The van der Waals surface area contributed by atoms with Crippen LogP contribution in [-0.4, -0.2) is 22.1 Å². The van der Waals surface area contributed by atoms with Crippen LogP contribution in [0.1, 0.15) is 11.1 Å². The zero-order valence-electron chi connectivity index (χ0n) is 14.9. The monoisotopic (exact) mass is 381 g/mol. The van der Waals surface area contributed by atoms with Gasteiger partial charge < -0.3 is 14.6 Å². The highest BCUT2D eigenvalue weighted by molar-refractivity contribution is 6.31. The van der Waals surface area contributed by atoms with Crippen LogP contribution in [0.3, 0.4) is 0 Å². The van der Waals surface area contributed by atoms with Crippen LogP contribution in [0.5, 0.6) is 5.75 Å². The summed E-state index contributed by atoms with van der Waals surface area (Å²) in [4.78, 5) is 16.2. The van der Waals surface area contributed by atoms with Crippen molar-refractivity contribution < 1.29 is 9.53 Å². The van der Waals surface area contributed by atoms with Gasteiger partial charge in [0.2, 0.25) is 5.91 Å². The predicted octanol–water partition coefficient (Wildman–Crippen LogP) is 4.58. The van der Waals surface area contributed by atoms with Crippen molar-refractivity contribution in [2.45, 2.75) is 13.5 Å². The molecule has 0 aliphatic heterocycles. The molecule has 0 bridgehead atoms. The van der Waals surface area contributed by atoms with Gasteiger partial charge in [0.05, 0.1) is 18.6 Å². The standard InChI is InChI=1S/C21H20ClN3O2/c1-16-6-7-17(14-18(16)22)8-9-21(26)24-19-4-2-3-5-20(19)27-13-12-25-11-10-23-15-25/h2-11,14-15H,12-13H2,1H3,(H,24,26)/b9-8+. The summed E-state index contributed by atoms with van der Waals surface area (Å²) in [5, 5.41) is 3.52. The molecule has 0 atom stereocenters. The number of anilines is 1. The molecule has 0 fully saturated rings. The van der Waals surface area contributed by atoms with Crippen molar-refractivity contribution in [3.8, 4) is 5.75 Å². The minimum absolute atomic E-state index is 0.239. The van der Waals surface area contributed by atoms with E-state index in [1.54, 1.807) is 24.7 Å². The molecule has 0 saturated heterocycles. The molecule has 0 spiro atoms. The molecule has 0 radical (unpaired) electrons. The third kappa shape index (κ3) is 5.46. The van der Waals surface area contributed by atoms with E-state index in [0.717, 1.165) is 11.1 Å². The Labute approximate surface area is 163 Å². The minimum Gasteiger partial charge on any atom is -0.490 e. The molecule has 1 N–H and O–H groups in total. The van der Waals surface area contributed by atoms with E-state index in [0.29, 0.717) is 29.6 Å². The molecule has 0 unspecified atom stereocenters. The highest BCUT2D eigenvalue weighted by Gasteiger charge is 2.06. The molecule has 27 heavy (non-hydrogen) atoms. The average molecular weight is 382 g/mol. The summed E-state index contributed by atoms with van der Waals surface area (Å²) in [7, 11) is 0. The molecule has 138 valence electrons. The van der Waals surface area contributed by atoms with Crippen molar-refractivity contribution in [2.75, 3.05) is 11.9 Å². The van der Waals surface area contributed by atoms with E-state index in [2.05, 4.69) is 10.3 Å². The summed E-state index contributed by atoms with van der Waals surface area (Å²) in [5.41, 5.74) is 2.49. The molecule has 1 amide bonds. The maximum atomic E-state index is 12.3. The number of amides is 1. The molecular formula is C21H20ClN3O2. The number of para-hydroxylation sites is 2. The van der Waals surface area contributed by atoms with E-state index in [-0.39, 0.29) is 5.91 Å². The van der Waals surface area contributed by atoms with E-state index >= 15 is 0 Å². The van der Waals surface area contributed by atoms with E-state index in [1.807, 2.05) is 54.1 Å². The number of benzene rings is 2. The normalized spacial score (nSPS) is 10.9. The van der Waals surface area contributed by atoms with Gasteiger partial charge in [0.25, 0.3) is 0 Å². The number of hydrogen-bond acceptors (Lipinski definition) is 3. The summed E-state index contributed by atoms with van der Waals surface area (Å²) in [6.07, 6.45) is 8.53. The number of ether oxygens (including phenoxy) is 1. The van der Waals surface area contributed by atoms with Crippen LogP contribution in [0.15, 0.2) is 67.3 Å². The van der Waals surface area contributed by atoms with Crippen molar-refractivity contribution in [3.05, 3.63) is 83.4 Å². The van der Waals surface area contributed by atoms with Gasteiger partial charge in [-0.15, -0.1) is 0 Å². The summed E-state index contributed by atoms with van der Waals surface area (Å²) in [5.74, 6) is 0.384. The molecular weight excluding hydrogens is 362 g/mol. The first kappa shape index (κ1) is 18.7. The van der Waals surface area contributed by atoms with Crippen LogP contribution >= 0.6 is 11.6 Å². The largest absolute Gasteiger partial charge is 0.490 e. The molecule has 6 heteroatoms. The maximum Gasteiger partial charge on any atom is 0.248 e. The number of aryl methyl sites for hydroxylation is 1. The minimum atomic E-state index is -0.239. The molecule has 3 aromatic rings. The first-order valence-corrected chi connectivity index (χ1v) is 8.92. The average Bonchev–Trinajstić information content (AvgIpc) is 3.18. The molecule has 1 aromatic heterocycles. The smallest absolute Gasteiger partial charge is 0.248 e. The van der Waals surface area contributed by atoms with Gasteiger partial charge in [-0.2, -0.15) is 0 Å². The van der Waals surface area contributed by atoms with Crippen LogP contribution < -0.4 is 10.1 Å². The van der Waals surface area contributed by atoms with E-state index in [4.69, 9.17) is 16.3 Å². The summed E-state index contributed by atoms with van der Waals surface area (Å²) >= 11 is 6.11. The second kappa shape index (κ2) is 9.05. The number of carbonyl (C=O) groups is 1. The molecule has 0 aliphatic carbocycles. The molecule has 2 aromatic carbocycles. The first-order valence-electron chi connectivity index (χ1n) is 8.54. The van der Waals surface area contributed by atoms with Gasteiger partial charge in [-0.25, -0.2) is 4.98 Å². The van der Waals surface area contributed by atoms with Crippen LogP contribution in [0, 0.1) is 6.92 Å². The molecule has 3 rings (SSSR count). The number of aromatic nitrogens is 2. The quantitative estimate of drug-likeness (QED) is 0.609. The van der Waals surface area contributed by atoms with Crippen molar-refractivity contribution >= 4 is 29.3 Å². The topological polar surface area (TPSA) is 56.1 Å². The Morgan fingerprint density at radius 1 is 1.30 bits per heavy atom. The molecule has 0 aliphatic rings. The van der Waals surface area contributed by atoms with Gasteiger partial charge in [0.15, 0.2) is 0 Å². The Morgan fingerprint density at radius 2 is 2.15 bits per heavy atom. The summed E-state index contributed by atoms with van der Waals surface area (Å²) < 4.78 is 7.73. The molecule has 5 nitrogen and oxygen atoms in total. The number of halogens is 1. The third-order valence-electron chi connectivity index (χ3n) is 3.93. The Kier molecular flexibility index (Phi) is 6.28. The fourth-order valence-electron chi connectivity index (χ4n) is 2.43. The fraction of sp³-hybridized carbons (Fsp3) is 0.143. The van der Waals surface area contributed by atoms with Crippen molar-refractivity contribution in [3.63, 3.8) is 0 Å². The number of imidazole rings is 1. The highest BCUT2D eigenvalue weighted by Crippen LogP contribution is 2.24. The van der Waals surface area contributed by atoms with E-state index in [1.165, 1.54) is 6.08 Å². The van der Waals surface area contributed by atoms with Crippen LogP contribution in [-0.2, 0) is 11.3 Å². The number of hydrogen-bond donors (Lipinski definition) is 1. The second-order valence-electron chi connectivity index (χ2n) is 5.98. The highest BCUT2D eigenvalue weighted by atomic mass is 35.5. The number of nitrogens with one attached hydrogen (secondary N) is 1. The SMILES string of the molecule is Cc1ccc(/C=C/C(=O)Nc2ccccc2OCCn2ccnc2)cc1Cl. The Morgan fingerprint density at radius 3 is 2.93 bits per heavy atom. The van der Waals surface area contributed by atoms with Crippen molar-refractivity contribution in [1.82, 2.24) is 9.55 Å². The van der Waals surface area contributed by atoms with Gasteiger partial charge >= 0.3 is 0 Å². The molecule has 0 saturated carbocycles. The second-order valence-corrected chi connectivity index (χ2v) is 6.38. The lowest BCUT2D eigenvalue weighted by atomic mass is 10.1. The van der Waals surface area contributed by atoms with E-state index in [9.17, 15) is 4.79 Å². The Hall–Kier alpha value is -3.05. The van der Waals surface area contributed by atoms with Crippen LogP contribution in [0.4, 0.5) is 5.69 Å². The zero-order valence-corrected chi connectivity index (χ0v) is 15.7. The fourth-order valence-corrected chi connectivity index (χ4v) is 2.62. The van der Waals surface area contributed by atoms with Gasteiger partial charge in [0, 0.05) is 23.5 Å². The van der Waals surface area contributed by atoms with Crippen LogP contribution in [0.25, 0.3) is 6.08 Å². The Bertz CT molecular complexity index is 936. The first-order chi connectivity index (χ1) is 13.1. The maximum absolute atomic E-state index is 12.3. The number of nitrogens with zero attached hydrogens (tertiary/aromatic N) is 2. The van der Waals surface area contributed by atoms with Gasteiger partial charge in [-0.05, 0) is 42.3 Å².